The molecule has 2 rings (SSSR count). The Morgan fingerprint density at radius 2 is 1.67 bits per heavy atom. The molecule has 0 fully saturated rings. The predicted octanol–water partition coefficient (Wildman–Crippen LogP) is 3.61. The van der Waals surface area contributed by atoms with Gasteiger partial charge in [0.25, 0.3) is 15.9 Å². The van der Waals surface area contributed by atoms with Crippen LogP contribution in [-0.2, 0) is 10.0 Å². The van der Waals surface area contributed by atoms with Gasteiger partial charge in [0.05, 0.1) is 4.90 Å². The van der Waals surface area contributed by atoms with E-state index in [1.54, 1.807) is 18.2 Å². The first kappa shape index (κ1) is 20.6. The minimum absolute atomic E-state index is 0.0401. The second kappa shape index (κ2) is 9.32. The smallest absolute Gasteiger partial charge is 0.261 e. The number of anilines is 1. The number of amides is 1. The van der Waals surface area contributed by atoms with Crippen molar-refractivity contribution in [1.82, 2.24) is 5.32 Å². The van der Waals surface area contributed by atoms with Gasteiger partial charge in [-0.05, 0) is 49.7 Å². The Balaban J connectivity index is 2.07. The summed E-state index contributed by atoms with van der Waals surface area (Å²) < 4.78 is 27.5. The highest BCUT2D eigenvalue weighted by Crippen LogP contribution is 2.18. The lowest BCUT2D eigenvalue weighted by Gasteiger charge is -2.10. The highest BCUT2D eigenvalue weighted by molar-refractivity contribution is 7.92. The van der Waals surface area contributed by atoms with Gasteiger partial charge < -0.3 is 5.32 Å². The fourth-order valence-electron chi connectivity index (χ4n) is 2.48. The second-order valence-electron chi connectivity index (χ2n) is 6.23. The maximum atomic E-state index is 12.5. The van der Waals surface area contributed by atoms with Gasteiger partial charge in [-0.1, -0.05) is 31.9 Å². The molecule has 0 radical (unpaired) electrons. The number of sulfonamides is 1. The van der Waals surface area contributed by atoms with Crippen LogP contribution in [0.2, 0.25) is 0 Å². The van der Waals surface area contributed by atoms with Crippen molar-refractivity contribution in [1.29, 1.82) is 0 Å². The van der Waals surface area contributed by atoms with Crippen LogP contribution >= 0.6 is 0 Å². The molecule has 2 N–H and O–H groups in total. The van der Waals surface area contributed by atoms with Gasteiger partial charge in [-0.2, -0.15) is 0 Å². The van der Waals surface area contributed by atoms with Crippen molar-refractivity contribution in [3.05, 3.63) is 59.7 Å². The lowest BCUT2D eigenvalue weighted by molar-refractivity contribution is 0.0951. The van der Waals surface area contributed by atoms with E-state index in [1.807, 2.05) is 0 Å². The normalized spacial score (nSPS) is 11.0. The molecular weight excluding hydrogens is 364 g/mol. The van der Waals surface area contributed by atoms with E-state index in [4.69, 9.17) is 0 Å². The zero-order valence-electron chi connectivity index (χ0n) is 15.5. The molecule has 0 unspecified atom stereocenters. The number of carbonyl (C=O) groups is 2. The Kier molecular flexibility index (Phi) is 7.12. The van der Waals surface area contributed by atoms with Gasteiger partial charge >= 0.3 is 0 Å². The van der Waals surface area contributed by atoms with Gasteiger partial charge in [-0.15, -0.1) is 0 Å². The lowest BCUT2D eigenvalue weighted by Crippen LogP contribution is -2.24. The average molecular weight is 388 g/mol. The number of rotatable bonds is 9. The summed E-state index contributed by atoms with van der Waals surface area (Å²) in [6.45, 7) is 4.10. The summed E-state index contributed by atoms with van der Waals surface area (Å²) in [4.78, 5) is 23.5. The van der Waals surface area contributed by atoms with Crippen LogP contribution in [-0.4, -0.2) is 26.7 Å². The van der Waals surface area contributed by atoms with Crippen molar-refractivity contribution in [3.63, 3.8) is 0 Å². The first-order valence-electron chi connectivity index (χ1n) is 8.85. The second-order valence-corrected chi connectivity index (χ2v) is 7.91. The van der Waals surface area contributed by atoms with Crippen molar-refractivity contribution in [2.45, 2.75) is 38.0 Å². The van der Waals surface area contributed by atoms with Gasteiger partial charge in [-0.25, -0.2) is 8.42 Å². The molecule has 2 aromatic carbocycles. The van der Waals surface area contributed by atoms with Crippen LogP contribution in [0.5, 0.6) is 0 Å². The number of nitrogens with one attached hydrogen (secondary N) is 2. The minimum atomic E-state index is -3.82. The zero-order valence-corrected chi connectivity index (χ0v) is 16.3. The van der Waals surface area contributed by atoms with Crippen LogP contribution in [0.25, 0.3) is 0 Å². The number of Topliss-reactive ketones (excluding diaryl/α,β-unsaturated/α-hetero) is 1. The van der Waals surface area contributed by atoms with Crippen LogP contribution < -0.4 is 10.0 Å². The molecule has 2 aromatic rings. The number of ketones is 1. The first-order valence-corrected chi connectivity index (χ1v) is 10.3. The SMILES string of the molecule is CCCCCNC(=O)c1ccc(S(=O)(=O)Nc2cccc(C(C)=O)c2)cc1. The molecule has 27 heavy (non-hydrogen) atoms. The van der Waals surface area contributed by atoms with Gasteiger partial charge in [0.1, 0.15) is 0 Å². The molecule has 0 aliphatic carbocycles. The molecule has 0 aromatic heterocycles. The largest absolute Gasteiger partial charge is 0.352 e. The third-order valence-corrected chi connectivity index (χ3v) is 5.41. The molecular formula is C20H24N2O4S. The molecule has 0 saturated heterocycles. The summed E-state index contributed by atoms with van der Waals surface area (Å²) in [5.41, 5.74) is 1.13. The summed E-state index contributed by atoms with van der Waals surface area (Å²) in [7, 11) is -3.82. The molecule has 7 heteroatoms. The van der Waals surface area contributed by atoms with Gasteiger partial charge in [0.15, 0.2) is 5.78 Å². The van der Waals surface area contributed by atoms with E-state index in [9.17, 15) is 18.0 Å². The summed E-state index contributed by atoms with van der Waals surface area (Å²) in [6, 6.07) is 12.0. The Morgan fingerprint density at radius 3 is 2.30 bits per heavy atom. The van der Waals surface area contributed by atoms with Crippen LogP contribution in [0.1, 0.15) is 53.8 Å². The number of carbonyl (C=O) groups excluding carboxylic acids is 2. The summed E-state index contributed by atoms with van der Waals surface area (Å²) in [5.74, 6) is -0.373. The molecule has 0 saturated carbocycles. The molecule has 0 atom stereocenters. The maximum absolute atomic E-state index is 12.5. The number of hydrogen-bond donors (Lipinski definition) is 2. The first-order chi connectivity index (χ1) is 12.8. The van der Waals surface area contributed by atoms with Gasteiger partial charge in [-0.3, -0.25) is 14.3 Å². The third-order valence-electron chi connectivity index (χ3n) is 4.01. The van der Waals surface area contributed by atoms with E-state index in [1.165, 1.54) is 37.3 Å². The van der Waals surface area contributed by atoms with Crippen LogP contribution in [0.15, 0.2) is 53.4 Å². The van der Waals surface area contributed by atoms with E-state index in [0.717, 1.165) is 19.3 Å². The fourth-order valence-corrected chi connectivity index (χ4v) is 3.53. The Bertz CT molecular complexity index is 906. The van der Waals surface area contributed by atoms with Crippen LogP contribution in [0.3, 0.4) is 0 Å². The van der Waals surface area contributed by atoms with Crippen molar-refractivity contribution >= 4 is 27.4 Å². The maximum Gasteiger partial charge on any atom is 0.261 e. The van der Waals surface area contributed by atoms with Gasteiger partial charge in [0, 0.05) is 23.4 Å². The van der Waals surface area contributed by atoms with E-state index >= 15 is 0 Å². The Morgan fingerprint density at radius 1 is 0.963 bits per heavy atom. The number of hydrogen-bond acceptors (Lipinski definition) is 4. The summed E-state index contributed by atoms with van der Waals surface area (Å²) in [6.07, 6.45) is 3.04. The van der Waals surface area contributed by atoms with Crippen LogP contribution in [0.4, 0.5) is 5.69 Å². The molecule has 6 nitrogen and oxygen atoms in total. The zero-order chi connectivity index (χ0) is 19.9. The highest BCUT2D eigenvalue weighted by atomic mass is 32.2. The standard InChI is InChI=1S/C20H24N2O4S/c1-3-4-5-13-21-20(24)16-9-11-19(12-10-16)27(25,26)22-18-8-6-7-17(14-18)15(2)23/h6-12,14,22H,3-5,13H2,1-2H3,(H,21,24). The van der Waals surface area contributed by atoms with E-state index in [2.05, 4.69) is 17.0 Å². The summed E-state index contributed by atoms with van der Waals surface area (Å²) in [5, 5.41) is 2.81. The minimum Gasteiger partial charge on any atom is -0.352 e. The Hall–Kier alpha value is -2.67. The van der Waals surface area contributed by atoms with E-state index in [0.29, 0.717) is 23.4 Å². The van der Waals surface area contributed by atoms with Crippen molar-refractivity contribution in [3.8, 4) is 0 Å². The molecule has 0 aliphatic rings. The van der Waals surface area contributed by atoms with E-state index in [-0.39, 0.29) is 16.6 Å². The Labute approximate surface area is 160 Å². The third kappa shape index (κ3) is 5.92. The highest BCUT2D eigenvalue weighted by Gasteiger charge is 2.15. The molecule has 0 heterocycles. The van der Waals surface area contributed by atoms with Crippen LogP contribution in [0, 0.1) is 0 Å². The molecule has 0 aliphatic heterocycles. The molecule has 0 spiro atoms. The molecule has 144 valence electrons. The fraction of sp³-hybridized carbons (Fsp3) is 0.300. The average Bonchev–Trinajstić information content (AvgIpc) is 2.65. The van der Waals surface area contributed by atoms with Crippen molar-refractivity contribution < 1.29 is 18.0 Å². The lowest BCUT2D eigenvalue weighted by atomic mass is 10.1. The van der Waals surface area contributed by atoms with E-state index < -0.39 is 10.0 Å². The van der Waals surface area contributed by atoms with Crippen molar-refractivity contribution in [2.75, 3.05) is 11.3 Å². The quantitative estimate of drug-likeness (QED) is 0.507. The number of benzene rings is 2. The summed E-state index contributed by atoms with van der Waals surface area (Å²) >= 11 is 0. The molecule has 1 amide bonds. The monoisotopic (exact) mass is 388 g/mol. The van der Waals surface area contributed by atoms with Crippen molar-refractivity contribution in [2.24, 2.45) is 0 Å². The predicted molar refractivity (Wildman–Crippen MR) is 106 cm³/mol. The number of unbranched alkanes of at least 4 members (excludes halogenated alkanes) is 2. The van der Waals surface area contributed by atoms with Gasteiger partial charge in [0.2, 0.25) is 0 Å². The molecule has 0 bridgehead atoms. The topological polar surface area (TPSA) is 92.3 Å².